The monoisotopic (exact) mass is 341 g/mol. The Labute approximate surface area is 132 Å². The average Bonchev–Trinajstić information content (AvgIpc) is 2.47. The highest BCUT2D eigenvalue weighted by Gasteiger charge is 2.15. The molecule has 0 fully saturated rings. The molecule has 0 radical (unpaired) electrons. The first-order valence-corrected chi connectivity index (χ1v) is 7.89. The summed E-state index contributed by atoms with van der Waals surface area (Å²) < 4.78 is 31.8. The molecule has 2 aromatic rings. The van der Waals surface area contributed by atoms with Gasteiger partial charge in [0.05, 0.1) is 28.3 Å². The van der Waals surface area contributed by atoms with Crippen LogP contribution < -0.4 is 9.46 Å². The summed E-state index contributed by atoms with van der Waals surface area (Å²) in [5.41, 5.74) is 0.277. The summed E-state index contributed by atoms with van der Waals surface area (Å²) in [4.78, 5) is 10.7. The van der Waals surface area contributed by atoms with Crippen LogP contribution in [0.5, 0.6) is 5.75 Å². The smallest absolute Gasteiger partial charge is 0.335 e. The number of carbonyl (C=O) groups is 1. The number of sulfonamides is 1. The number of benzene rings is 2. The van der Waals surface area contributed by atoms with Gasteiger partial charge in [0.25, 0.3) is 10.0 Å². The quantitative estimate of drug-likeness (QED) is 0.872. The van der Waals surface area contributed by atoms with E-state index >= 15 is 0 Å². The summed E-state index contributed by atoms with van der Waals surface area (Å²) >= 11 is 5.93. The lowest BCUT2D eigenvalue weighted by Gasteiger charge is -2.10. The van der Waals surface area contributed by atoms with Crippen LogP contribution in [0.4, 0.5) is 5.69 Å². The molecule has 0 heterocycles. The number of carboxylic acids is 1. The standard InChI is InChI=1S/C14H12ClNO5S/c1-21-13-7-4-10(8-12(13)15)16-22(19,20)11-5-2-9(3-6-11)14(17)18/h2-8,16H,1H3,(H,17,18). The van der Waals surface area contributed by atoms with Crippen molar-refractivity contribution in [3.05, 3.63) is 53.1 Å². The van der Waals surface area contributed by atoms with Crippen molar-refractivity contribution in [1.82, 2.24) is 0 Å². The van der Waals surface area contributed by atoms with Crippen LogP contribution in [-0.2, 0) is 10.0 Å². The van der Waals surface area contributed by atoms with E-state index in [0.29, 0.717) is 5.75 Å². The van der Waals surface area contributed by atoms with Crippen LogP contribution in [0.1, 0.15) is 10.4 Å². The van der Waals surface area contributed by atoms with Crippen LogP contribution in [0.15, 0.2) is 47.4 Å². The van der Waals surface area contributed by atoms with Crippen LogP contribution >= 0.6 is 11.6 Å². The number of rotatable bonds is 5. The normalized spacial score (nSPS) is 11.0. The first-order valence-electron chi connectivity index (χ1n) is 6.03. The molecular weight excluding hydrogens is 330 g/mol. The zero-order valence-electron chi connectivity index (χ0n) is 11.4. The number of aromatic carboxylic acids is 1. The largest absolute Gasteiger partial charge is 0.495 e. The van der Waals surface area contributed by atoms with Gasteiger partial charge in [-0.2, -0.15) is 0 Å². The van der Waals surface area contributed by atoms with Crippen LogP contribution in [0.3, 0.4) is 0 Å². The summed E-state index contributed by atoms with van der Waals surface area (Å²) in [6, 6.07) is 9.34. The summed E-state index contributed by atoms with van der Waals surface area (Å²) in [5, 5.41) is 9.07. The summed E-state index contributed by atoms with van der Waals surface area (Å²) in [7, 11) is -2.38. The molecule has 0 aliphatic heterocycles. The van der Waals surface area contributed by atoms with Gasteiger partial charge in [0.1, 0.15) is 5.75 Å². The Morgan fingerprint density at radius 2 is 1.82 bits per heavy atom. The minimum absolute atomic E-state index is 0.00596. The van der Waals surface area contributed by atoms with Gasteiger partial charge in [0.15, 0.2) is 0 Å². The lowest BCUT2D eigenvalue weighted by Crippen LogP contribution is -2.13. The maximum atomic E-state index is 12.2. The zero-order chi connectivity index (χ0) is 16.3. The maximum absolute atomic E-state index is 12.2. The fourth-order valence-corrected chi connectivity index (χ4v) is 3.03. The number of hydrogen-bond acceptors (Lipinski definition) is 4. The minimum atomic E-state index is -3.83. The third-order valence-electron chi connectivity index (χ3n) is 2.82. The summed E-state index contributed by atoms with van der Waals surface area (Å²) in [6.07, 6.45) is 0. The highest BCUT2D eigenvalue weighted by molar-refractivity contribution is 7.92. The molecule has 6 nitrogen and oxygen atoms in total. The number of halogens is 1. The maximum Gasteiger partial charge on any atom is 0.335 e. The van der Waals surface area contributed by atoms with Crippen molar-refractivity contribution in [2.24, 2.45) is 0 Å². The Morgan fingerprint density at radius 1 is 1.18 bits per heavy atom. The second kappa shape index (κ2) is 6.25. The van der Waals surface area contributed by atoms with Crippen LogP contribution in [0.2, 0.25) is 5.02 Å². The highest BCUT2D eigenvalue weighted by Crippen LogP contribution is 2.28. The predicted octanol–water partition coefficient (Wildman–Crippen LogP) is 2.85. The molecule has 116 valence electrons. The fraction of sp³-hybridized carbons (Fsp3) is 0.0714. The lowest BCUT2D eigenvalue weighted by atomic mass is 10.2. The minimum Gasteiger partial charge on any atom is -0.495 e. The molecule has 0 saturated heterocycles. The Hall–Kier alpha value is -2.25. The molecule has 0 aromatic heterocycles. The molecule has 0 saturated carbocycles. The van der Waals surface area contributed by atoms with E-state index in [4.69, 9.17) is 21.4 Å². The van der Waals surface area contributed by atoms with E-state index in [1.165, 1.54) is 49.6 Å². The molecule has 8 heteroatoms. The number of methoxy groups -OCH3 is 1. The van der Waals surface area contributed by atoms with E-state index in [9.17, 15) is 13.2 Å². The molecule has 0 unspecified atom stereocenters. The first kappa shape index (κ1) is 16.1. The molecule has 0 spiro atoms. The Balaban J connectivity index is 2.27. The topological polar surface area (TPSA) is 92.7 Å². The van der Waals surface area contributed by atoms with Crippen LogP contribution in [0, 0.1) is 0 Å². The molecule has 2 N–H and O–H groups in total. The average molecular weight is 342 g/mol. The predicted molar refractivity (Wildman–Crippen MR) is 82.2 cm³/mol. The summed E-state index contributed by atoms with van der Waals surface area (Å²) in [5.74, 6) is -0.700. The van der Waals surface area contributed by atoms with E-state index in [2.05, 4.69) is 4.72 Å². The Morgan fingerprint density at radius 3 is 2.32 bits per heavy atom. The number of ether oxygens (including phenoxy) is 1. The Bertz CT molecular complexity index is 802. The van der Waals surface area contributed by atoms with Gasteiger partial charge in [-0.25, -0.2) is 13.2 Å². The van der Waals surface area contributed by atoms with E-state index in [-0.39, 0.29) is 21.2 Å². The molecule has 2 rings (SSSR count). The zero-order valence-corrected chi connectivity index (χ0v) is 13.0. The van der Waals surface area contributed by atoms with Crippen molar-refractivity contribution >= 4 is 33.3 Å². The van der Waals surface area contributed by atoms with Crippen molar-refractivity contribution in [2.75, 3.05) is 11.8 Å². The van der Waals surface area contributed by atoms with Crippen molar-refractivity contribution in [1.29, 1.82) is 0 Å². The molecule has 0 aliphatic carbocycles. The third-order valence-corrected chi connectivity index (χ3v) is 4.51. The van der Waals surface area contributed by atoms with Crippen molar-refractivity contribution in [3.8, 4) is 5.75 Å². The molecule has 0 aliphatic rings. The lowest BCUT2D eigenvalue weighted by molar-refractivity contribution is 0.0696. The van der Waals surface area contributed by atoms with Gasteiger partial charge in [-0.05, 0) is 42.5 Å². The van der Waals surface area contributed by atoms with E-state index < -0.39 is 16.0 Å². The van der Waals surface area contributed by atoms with Crippen molar-refractivity contribution in [3.63, 3.8) is 0 Å². The van der Waals surface area contributed by atoms with Gasteiger partial charge >= 0.3 is 5.97 Å². The van der Waals surface area contributed by atoms with Crippen molar-refractivity contribution in [2.45, 2.75) is 4.90 Å². The number of hydrogen-bond donors (Lipinski definition) is 2. The third kappa shape index (κ3) is 3.49. The SMILES string of the molecule is COc1ccc(NS(=O)(=O)c2ccc(C(=O)O)cc2)cc1Cl. The van der Waals surface area contributed by atoms with Crippen LogP contribution in [-0.4, -0.2) is 26.6 Å². The van der Waals surface area contributed by atoms with Gasteiger partial charge in [0, 0.05) is 0 Å². The van der Waals surface area contributed by atoms with E-state index in [1.54, 1.807) is 0 Å². The summed E-state index contributed by atoms with van der Waals surface area (Å²) in [6.45, 7) is 0. The molecule has 0 bridgehead atoms. The van der Waals surface area contributed by atoms with E-state index in [0.717, 1.165) is 0 Å². The number of anilines is 1. The number of nitrogens with one attached hydrogen (secondary N) is 1. The highest BCUT2D eigenvalue weighted by atomic mass is 35.5. The molecule has 2 aromatic carbocycles. The molecule has 0 atom stereocenters. The Kier molecular flexibility index (Phi) is 4.58. The number of carboxylic acid groups (broad SMARTS) is 1. The van der Waals surface area contributed by atoms with Gasteiger partial charge in [-0.15, -0.1) is 0 Å². The molecule has 0 amide bonds. The fourth-order valence-electron chi connectivity index (χ4n) is 1.72. The second-order valence-electron chi connectivity index (χ2n) is 4.28. The van der Waals surface area contributed by atoms with Gasteiger partial charge < -0.3 is 9.84 Å². The van der Waals surface area contributed by atoms with Crippen molar-refractivity contribution < 1.29 is 23.1 Å². The van der Waals surface area contributed by atoms with Gasteiger partial charge in [-0.1, -0.05) is 11.6 Å². The molecular formula is C14H12ClNO5S. The van der Waals surface area contributed by atoms with Crippen LogP contribution in [0.25, 0.3) is 0 Å². The molecule has 22 heavy (non-hydrogen) atoms. The van der Waals surface area contributed by atoms with Gasteiger partial charge in [-0.3, -0.25) is 4.72 Å². The second-order valence-corrected chi connectivity index (χ2v) is 6.37. The van der Waals surface area contributed by atoms with E-state index in [1.807, 2.05) is 0 Å². The first-order chi connectivity index (χ1) is 10.3. The van der Waals surface area contributed by atoms with Gasteiger partial charge in [0.2, 0.25) is 0 Å².